The number of amides is 1. The summed E-state index contributed by atoms with van der Waals surface area (Å²) in [5.41, 5.74) is 2.17. The van der Waals surface area contributed by atoms with Gasteiger partial charge in [0, 0.05) is 29.6 Å². The maximum atomic E-state index is 13.5. The number of hydrogen-bond acceptors (Lipinski definition) is 3. The number of fused-ring (bicyclic) bond motifs is 2. The van der Waals surface area contributed by atoms with E-state index in [1.807, 2.05) is 31.2 Å². The summed E-state index contributed by atoms with van der Waals surface area (Å²) in [5, 5.41) is 4.54. The fraction of sp³-hybridized carbons (Fsp3) is 0.158. The molecule has 1 amide bonds. The maximum absolute atomic E-state index is 13.5. The van der Waals surface area contributed by atoms with Crippen LogP contribution in [0.3, 0.4) is 0 Å². The number of aromatic amines is 1. The van der Waals surface area contributed by atoms with Gasteiger partial charge in [-0.05, 0) is 37.3 Å². The number of thiazole rings is 1. The molecule has 1 atom stereocenters. The molecule has 4 aromatic rings. The van der Waals surface area contributed by atoms with Crippen LogP contribution in [0.1, 0.15) is 22.3 Å². The Kier molecular flexibility index (Phi) is 3.97. The first-order valence-corrected chi connectivity index (χ1v) is 8.84. The molecular weight excluding hydrogens is 337 g/mol. The Balaban J connectivity index is 1.50. The van der Waals surface area contributed by atoms with Gasteiger partial charge in [-0.2, -0.15) is 0 Å². The maximum Gasteiger partial charge on any atom is 0.253 e. The zero-order chi connectivity index (χ0) is 17.4. The van der Waals surface area contributed by atoms with Crippen LogP contribution in [0.2, 0.25) is 0 Å². The first-order chi connectivity index (χ1) is 12.1. The predicted molar refractivity (Wildman–Crippen MR) is 98.5 cm³/mol. The van der Waals surface area contributed by atoms with E-state index < -0.39 is 0 Å². The standard InChI is InChI=1S/C19H16FN3OS/c1-11(8-18-23-16-4-2-3-5-17(16)25-18)22-19(24)14-10-21-15-7-6-12(20)9-13(14)15/h2-7,9-11,21H,8H2,1H3,(H,22,24). The summed E-state index contributed by atoms with van der Waals surface area (Å²) < 4.78 is 14.6. The van der Waals surface area contributed by atoms with Crippen molar-refractivity contribution in [3.8, 4) is 0 Å². The minimum absolute atomic E-state index is 0.0772. The van der Waals surface area contributed by atoms with Crippen molar-refractivity contribution in [2.75, 3.05) is 0 Å². The van der Waals surface area contributed by atoms with Gasteiger partial charge in [0.25, 0.3) is 5.91 Å². The van der Waals surface area contributed by atoms with Crippen molar-refractivity contribution in [3.05, 3.63) is 65.0 Å². The molecule has 0 aliphatic rings. The molecule has 0 saturated carbocycles. The van der Waals surface area contributed by atoms with Gasteiger partial charge in [0.15, 0.2) is 0 Å². The fourth-order valence-corrected chi connectivity index (χ4v) is 4.00. The molecule has 126 valence electrons. The number of nitrogens with one attached hydrogen (secondary N) is 2. The van der Waals surface area contributed by atoms with Crippen molar-refractivity contribution in [2.24, 2.45) is 0 Å². The van der Waals surface area contributed by atoms with Gasteiger partial charge in [-0.25, -0.2) is 9.37 Å². The molecule has 0 aliphatic carbocycles. The molecule has 2 aromatic heterocycles. The number of carbonyl (C=O) groups is 1. The van der Waals surface area contributed by atoms with Gasteiger partial charge in [-0.1, -0.05) is 12.1 Å². The summed E-state index contributed by atoms with van der Waals surface area (Å²) in [4.78, 5) is 20.1. The SMILES string of the molecule is CC(Cc1nc2ccccc2s1)NC(=O)c1c[nH]c2ccc(F)cc12. The number of para-hydroxylation sites is 1. The van der Waals surface area contributed by atoms with Crippen molar-refractivity contribution in [3.63, 3.8) is 0 Å². The summed E-state index contributed by atoms with van der Waals surface area (Å²) in [6.07, 6.45) is 2.27. The van der Waals surface area contributed by atoms with Crippen LogP contribution in [0.5, 0.6) is 0 Å². The number of halogens is 1. The Labute approximate surface area is 147 Å². The van der Waals surface area contributed by atoms with E-state index in [2.05, 4.69) is 15.3 Å². The second kappa shape index (κ2) is 6.29. The highest BCUT2D eigenvalue weighted by Gasteiger charge is 2.16. The van der Waals surface area contributed by atoms with Crippen molar-refractivity contribution in [1.29, 1.82) is 0 Å². The van der Waals surface area contributed by atoms with E-state index in [1.54, 1.807) is 23.6 Å². The van der Waals surface area contributed by atoms with Crippen molar-refractivity contribution >= 4 is 38.4 Å². The minimum Gasteiger partial charge on any atom is -0.360 e. The van der Waals surface area contributed by atoms with Crippen LogP contribution in [0.4, 0.5) is 4.39 Å². The van der Waals surface area contributed by atoms with Crippen LogP contribution in [0.15, 0.2) is 48.7 Å². The first-order valence-electron chi connectivity index (χ1n) is 8.02. The molecule has 2 heterocycles. The number of carbonyl (C=O) groups excluding carboxylic acids is 1. The third-order valence-electron chi connectivity index (χ3n) is 4.08. The molecule has 2 aromatic carbocycles. The molecule has 6 heteroatoms. The second-order valence-corrected chi connectivity index (χ2v) is 7.16. The molecule has 0 aliphatic heterocycles. The highest BCUT2D eigenvalue weighted by Crippen LogP contribution is 2.23. The van der Waals surface area contributed by atoms with E-state index >= 15 is 0 Å². The highest BCUT2D eigenvalue weighted by molar-refractivity contribution is 7.18. The third-order valence-corrected chi connectivity index (χ3v) is 5.14. The molecule has 25 heavy (non-hydrogen) atoms. The van der Waals surface area contributed by atoms with Crippen LogP contribution >= 0.6 is 11.3 Å². The topological polar surface area (TPSA) is 57.8 Å². The molecule has 2 N–H and O–H groups in total. The van der Waals surface area contributed by atoms with E-state index in [0.717, 1.165) is 20.7 Å². The number of hydrogen-bond donors (Lipinski definition) is 2. The molecule has 0 radical (unpaired) electrons. The average molecular weight is 353 g/mol. The van der Waals surface area contributed by atoms with E-state index in [1.165, 1.54) is 12.1 Å². The normalized spacial score (nSPS) is 12.6. The zero-order valence-corrected chi connectivity index (χ0v) is 14.4. The Morgan fingerprint density at radius 1 is 1.32 bits per heavy atom. The summed E-state index contributed by atoms with van der Waals surface area (Å²) >= 11 is 1.64. The predicted octanol–water partition coefficient (Wildman–Crippen LogP) is 4.28. The Morgan fingerprint density at radius 3 is 3.00 bits per heavy atom. The van der Waals surface area contributed by atoms with Gasteiger partial charge in [0.1, 0.15) is 5.82 Å². The lowest BCUT2D eigenvalue weighted by molar-refractivity contribution is 0.0942. The monoisotopic (exact) mass is 353 g/mol. The Morgan fingerprint density at radius 2 is 2.16 bits per heavy atom. The van der Waals surface area contributed by atoms with E-state index in [4.69, 9.17) is 0 Å². The quantitative estimate of drug-likeness (QED) is 0.575. The molecular formula is C19H16FN3OS. The number of rotatable bonds is 4. The minimum atomic E-state index is -0.358. The Hall–Kier alpha value is -2.73. The van der Waals surface area contributed by atoms with Gasteiger partial charge in [-0.3, -0.25) is 4.79 Å². The number of nitrogens with zero attached hydrogens (tertiary/aromatic N) is 1. The lowest BCUT2D eigenvalue weighted by Crippen LogP contribution is -2.33. The number of aromatic nitrogens is 2. The van der Waals surface area contributed by atoms with Crippen LogP contribution < -0.4 is 5.32 Å². The molecule has 0 bridgehead atoms. The molecule has 0 fully saturated rings. The molecule has 0 spiro atoms. The Bertz CT molecular complexity index is 1040. The zero-order valence-electron chi connectivity index (χ0n) is 13.5. The fourth-order valence-electron chi connectivity index (χ4n) is 2.90. The van der Waals surface area contributed by atoms with Crippen LogP contribution in [0, 0.1) is 5.82 Å². The summed E-state index contributed by atoms with van der Waals surface area (Å²) in [7, 11) is 0. The summed E-state index contributed by atoms with van der Waals surface area (Å²) in [5.74, 6) is -0.575. The lowest BCUT2D eigenvalue weighted by atomic mass is 10.1. The van der Waals surface area contributed by atoms with Gasteiger partial charge in [-0.15, -0.1) is 11.3 Å². The number of benzene rings is 2. The average Bonchev–Trinajstić information content (AvgIpc) is 3.17. The van der Waals surface area contributed by atoms with Gasteiger partial charge in [0.2, 0.25) is 0 Å². The van der Waals surface area contributed by atoms with E-state index in [9.17, 15) is 9.18 Å². The summed E-state index contributed by atoms with van der Waals surface area (Å²) in [6, 6.07) is 12.3. The second-order valence-electron chi connectivity index (χ2n) is 6.05. The van der Waals surface area contributed by atoms with Gasteiger partial charge < -0.3 is 10.3 Å². The molecule has 4 rings (SSSR count). The third kappa shape index (κ3) is 3.13. The first kappa shape index (κ1) is 15.8. The van der Waals surface area contributed by atoms with Crippen LogP contribution in [0.25, 0.3) is 21.1 Å². The van der Waals surface area contributed by atoms with Gasteiger partial charge in [0.05, 0.1) is 20.8 Å². The van der Waals surface area contributed by atoms with E-state index in [-0.39, 0.29) is 17.8 Å². The van der Waals surface area contributed by atoms with Crippen LogP contribution in [-0.4, -0.2) is 21.9 Å². The van der Waals surface area contributed by atoms with Crippen molar-refractivity contribution in [2.45, 2.75) is 19.4 Å². The molecule has 0 saturated heterocycles. The lowest BCUT2D eigenvalue weighted by Gasteiger charge is -2.12. The molecule has 1 unspecified atom stereocenters. The van der Waals surface area contributed by atoms with Crippen LogP contribution in [-0.2, 0) is 6.42 Å². The van der Waals surface area contributed by atoms with E-state index in [0.29, 0.717) is 17.4 Å². The van der Waals surface area contributed by atoms with Crippen molar-refractivity contribution in [1.82, 2.24) is 15.3 Å². The molecule has 4 nitrogen and oxygen atoms in total. The number of H-pyrrole nitrogens is 1. The van der Waals surface area contributed by atoms with Gasteiger partial charge >= 0.3 is 0 Å². The largest absolute Gasteiger partial charge is 0.360 e. The van der Waals surface area contributed by atoms with Crippen molar-refractivity contribution < 1.29 is 9.18 Å². The summed E-state index contributed by atoms with van der Waals surface area (Å²) in [6.45, 7) is 1.94. The smallest absolute Gasteiger partial charge is 0.253 e. The highest BCUT2D eigenvalue weighted by atomic mass is 32.1.